The van der Waals surface area contributed by atoms with E-state index in [9.17, 15) is 0 Å². The van der Waals surface area contributed by atoms with Gasteiger partial charge in [0.05, 0.1) is 0 Å². The van der Waals surface area contributed by atoms with E-state index in [0.29, 0.717) is 0 Å². The van der Waals surface area contributed by atoms with E-state index >= 15 is 0 Å². The third kappa shape index (κ3) is 6.88. The van der Waals surface area contributed by atoms with Crippen LogP contribution in [0.4, 0.5) is 0 Å². The van der Waals surface area contributed by atoms with Crippen LogP contribution >= 0.6 is 0 Å². The van der Waals surface area contributed by atoms with E-state index in [0.717, 1.165) is 0 Å². The molecule has 0 aromatic rings. The molecule has 0 heterocycles. The lowest BCUT2D eigenvalue weighted by molar-refractivity contribution is 1.50. The van der Waals surface area contributed by atoms with Gasteiger partial charge in [0.2, 0.25) is 0 Å². The predicted octanol–water partition coefficient (Wildman–Crippen LogP) is 1.29. The van der Waals surface area contributed by atoms with E-state index in [1.807, 2.05) is 13.8 Å². The molecule has 0 aliphatic rings. The molecule has 0 fully saturated rings. The summed E-state index contributed by atoms with van der Waals surface area (Å²) in [7, 11) is 0. The Hall–Kier alpha value is -0.330. The number of nitrogens with one attached hydrogen (secondary N) is 1. The summed E-state index contributed by atoms with van der Waals surface area (Å²) in [6.45, 7) is 6.50. The zero-order valence-electron chi connectivity index (χ0n) is 3.21. The van der Waals surface area contributed by atoms with Crippen LogP contribution in [0.25, 0.3) is 0 Å². The molecule has 26 valence electrons. The molecule has 0 saturated carbocycles. The van der Waals surface area contributed by atoms with Crippen molar-refractivity contribution in [3.8, 4) is 0 Å². The first kappa shape index (κ1) is 9.38. The van der Waals surface area contributed by atoms with Gasteiger partial charge in [0.25, 0.3) is 0 Å². The second-order valence-corrected chi connectivity index (χ2v) is 0. The summed E-state index contributed by atoms with van der Waals surface area (Å²) in [5, 5.41) is 5.50. The van der Waals surface area contributed by atoms with E-state index in [-0.39, 0.29) is 0 Å². The molecule has 0 amide bonds. The largest absolute Gasteiger partial charge is 0.317 e. The second kappa shape index (κ2) is 68.4. The highest BCUT2D eigenvalue weighted by molar-refractivity contribution is 5.15. The first-order chi connectivity index (χ1) is 2.00. The Bertz CT molecular complexity index is 3.25. The lowest BCUT2D eigenvalue weighted by Crippen LogP contribution is -0.856. The first-order valence-electron chi connectivity index (χ1n) is 1.35. The SMILES string of the molecule is C=N.CC. The first-order valence-corrected chi connectivity index (χ1v) is 1.35. The molecule has 0 aromatic carbocycles. The highest BCUT2D eigenvalue weighted by Gasteiger charge is 0.932. The summed E-state index contributed by atoms with van der Waals surface area (Å²) in [5.41, 5.74) is 0. The van der Waals surface area contributed by atoms with Gasteiger partial charge in [-0.25, -0.2) is 0 Å². The van der Waals surface area contributed by atoms with Gasteiger partial charge in [-0.2, -0.15) is 0 Å². The Morgan fingerprint density at radius 3 is 1.25 bits per heavy atom. The summed E-state index contributed by atoms with van der Waals surface area (Å²) in [5.74, 6) is 0. The average molecular weight is 59.1 g/mol. The third-order valence-electron chi connectivity index (χ3n) is 0. The molecular weight excluding hydrogens is 50.0 g/mol. The smallest absolute Gasteiger partial charge is 0.0187 e. The van der Waals surface area contributed by atoms with Crippen molar-refractivity contribution in [2.45, 2.75) is 13.8 Å². The van der Waals surface area contributed by atoms with Gasteiger partial charge in [-0.05, 0) is 6.72 Å². The van der Waals surface area contributed by atoms with E-state index < -0.39 is 0 Å². The van der Waals surface area contributed by atoms with Crippen molar-refractivity contribution < 1.29 is 0 Å². The Balaban J connectivity index is 0. The molecule has 0 aromatic heterocycles. The van der Waals surface area contributed by atoms with Gasteiger partial charge in [0.1, 0.15) is 0 Å². The van der Waals surface area contributed by atoms with Crippen LogP contribution in [0.5, 0.6) is 0 Å². The van der Waals surface area contributed by atoms with Crippen LogP contribution in [0.3, 0.4) is 0 Å². The van der Waals surface area contributed by atoms with Gasteiger partial charge in [0.15, 0.2) is 0 Å². The minimum atomic E-state index is 2.00. The topological polar surface area (TPSA) is 23.9 Å². The van der Waals surface area contributed by atoms with Gasteiger partial charge in [-0.15, -0.1) is 0 Å². The van der Waals surface area contributed by atoms with Crippen LogP contribution in [0.2, 0.25) is 0 Å². The summed E-state index contributed by atoms with van der Waals surface area (Å²) >= 11 is 0. The molecule has 0 unspecified atom stereocenters. The quantitative estimate of drug-likeness (QED) is 0.406. The molecule has 1 nitrogen and oxygen atoms in total. The highest BCUT2D eigenvalue weighted by Crippen LogP contribution is 1.14. The number of hydrogen-bond acceptors (Lipinski definition) is 1. The van der Waals surface area contributed by atoms with Crippen LogP contribution in [0.1, 0.15) is 13.8 Å². The molecule has 1 N–H and O–H groups in total. The molecule has 0 aliphatic heterocycles. The molecule has 0 spiro atoms. The molecule has 0 rings (SSSR count). The number of rotatable bonds is 0. The Morgan fingerprint density at radius 1 is 1.25 bits per heavy atom. The van der Waals surface area contributed by atoms with Gasteiger partial charge in [0, 0.05) is 0 Å². The second-order valence-electron chi connectivity index (χ2n) is 0. The van der Waals surface area contributed by atoms with E-state index in [4.69, 9.17) is 5.41 Å². The maximum Gasteiger partial charge on any atom is -0.0187 e. The minimum absolute atomic E-state index is 2.00. The van der Waals surface area contributed by atoms with Crippen LogP contribution in [-0.4, -0.2) is 6.72 Å². The minimum Gasteiger partial charge on any atom is -0.317 e. The van der Waals surface area contributed by atoms with Gasteiger partial charge < -0.3 is 5.41 Å². The molecular formula is C3H9N. The normalized spacial score (nSPS) is 2.50. The summed E-state index contributed by atoms with van der Waals surface area (Å²) in [6.07, 6.45) is 0. The van der Waals surface area contributed by atoms with Gasteiger partial charge in [-0.3, -0.25) is 0 Å². The molecule has 0 atom stereocenters. The summed E-state index contributed by atoms with van der Waals surface area (Å²) in [4.78, 5) is 0. The zero-order chi connectivity index (χ0) is 4.00. The lowest BCUT2D eigenvalue weighted by atomic mass is 11.0. The van der Waals surface area contributed by atoms with Gasteiger partial charge in [-0.1, -0.05) is 13.8 Å². The highest BCUT2D eigenvalue weighted by atomic mass is 14.2. The average Bonchev–Trinajstić information content (AvgIpc) is 1.50. The van der Waals surface area contributed by atoms with E-state index in [2.05, 4.69) is 6.72 Å². The van der Waals surface area contributed by atoms with E-state index in [1.165, 1.54) is 0 Å². The Morgan fingerprint density at radius 2 is 1.25 bits per heavy atom. The Kier molecular flexibility index (Phi) is 160. The van der Waals surface area contributed by atoms with Crippen molar-refractivity contribution >= 4 is 6.72 Å². The molecule has 4 heavy (non-hydrogen) atoms. The Labute approximate surface area is 27.2 Å². The van der Waals surface area contributed by atoms with Crippen molar-refractivity contribution in [2.75, 3.05) is 0 Å². The molecule has 0 aliphatic carbocycles. The fourth-order valence-electron chi connectivity index (χ4n) is 0. The van der Waals surface area contributed by atoms with Crippen LogP contribution < -0.4 is 0 Å². The summed E-state index contributed by atoms with van der Waals surface area (Å²) in [6, 6.07) is 0. The molecule has 1 heteroatoms. The van der Waals surface area contributed by atoms with Crippen LogP contribution in [0, 0.1) is 5.41 Å². The van der Waals surface area contributed by atoms with Crippen molar-refractivity contribution in [1.82, 2.24) is 0 Å². The maximum absolute atomic E-state index is 5.50. The molecule has 0 radical (unpaired) electrons. The monoisotopic (exact) mass is 59.1 g/mol. The predicted molar refractivity (Wildman–Crippen MR) is 21.2 cm³/mol. The number of hydrogen-bond donors (Lipinski definition) is 1. The van der Waals surface area contributed by atoms with Crippen LogP contribution in [0.15, 0.2) is 0 Å². The van der Waals surface area contributed by atoms with Crippen molar-refractivity contribution in [1.29, 1.82) is 5.41 Å². The fraction of sp³-hybridized carbons (Fsp3) is 0.667. The third-order valence-corrected chi connectivity index (χ3v) is 0. The van der Waals surface area contributed by atoms with Crippen molar-refractivity contribution in [2.24, 2.45) is 0 Å². The zero-order valence-corrected chi connectivity index (χ0v) is 3.21. The van der Waals surface area contributed by atoms with E-state index in [1.54, 1.807) is 0 Å². The maximum atomic E-state index is 5.50. The van der Waals surface area contributed by atoms with Crippen molar-refractivity contribution in [3.63, 3.8) is 0 Å². The lowest BCUT2D eigenvalue weighted by Gasteiger charge is -1.07. The van der Waals surface area contributed by atoms with Crippen LogP contribution in [-0.2, 0) is 0 Å². The molecule has 0 saturated heterocycles. The standard InChI is InChI=1S/C2H6.CH3N/c2*1-2/h1-2H3;2H,1H2. The fourth-order valence-corrected chi connectivity index (χ4v) is 0. The summed E-state index contributed by atoms with van der Waals surface area (Å²) < 4.78 is 0. The van der Waals surface area contributed by atoms with Gasteiger partial charge >= 0.3 is 0 Å². The van der Waals surface area contributed by atoms with Crippen molar-refractivity contribution in [3.05, 3.63) is 0 Å². The molecule has 0 bridgehead atoms.